The number of carbonyl (C=O) groups excluding carboxylic acids is 1. The van der Waals surface area contributed by atoms with Crippen LogP contribution in [0.25, 0.3) is 0 Å². The second-order valence-corrected chi connectivity index (χ2v) is 11.0. The molecule has 3 aromatic rings. The number of ether oxygens (including phenoxy) is 2. The van der Waals surface area contributed by atoms with E-state index in [1.54, 1.807) is 11.3 Å². The van der Waals surface area contributed by atoms with Gasteiger partial charge in [-0.1, -0.05) is 31.0 Å². The number of aryl methyl sites for hydroxylation is 1. The molecule has 0 atom stereocenters. The van der Waals surface area contributed by atoms with Crippen molar-refractivity contribution in [3.05, 3.63) is 68.5 Å². The summed E-state index contributed by atoms with van der Waals surface area (Å²) in [5.74, 6) is 1.26. The number of aliphatic imine (C=N–C) groups is 1. The molecule has 0 saturated carbocycles. The third-order valence-corrected chi connectivity index (χ3v) is 7.72. The number of rotatable bonds is 8. The van der Waals surface area contributed by atoms with Gasteiger partial charge in [-0.2, -0.15) is 0 Å². The standard InChI is InChI=1S/C29H33BrN2O3S/c1-4-34-24-17-20(16-23(30)27(24)35-19(2)3)18-31-29-26(28(33)32-21-12-8-7-9-13-21)22-14-10-5-6-11-15-25(22)36-29/h7-9,12-13,16-19H,4-6,10-11,14-15H2,1-3H3,(H,32,33). The van der Waals surface area contributed by atoms with E-state index in [1.165, 1.54) is 17.7 Å². The van der Waals surface area contributed by atoms with Crippen LogP contribution in [0.4, 0.5) is 10.7 Å². The van der Waals surface area contributed by atoms with Gasteiger partial charge < -0.3 is 14.8 Å². The normalized spacial score (nSPS) is 13.8. The minimum Gasteiger partial charge on any atom is -0.490 e. The smallest absolute Gasteiger partial charge is 0.259 e. The monoisotopic (exact) mass is 568 g/mol. The van der Waals surface area contributed by atoms with Crippen LogP contribution in [0.2, 0.25) is 0 Å². The van der Waals surface area contributed by atoms with Crippen molar-refractivity contribution in [1.82, 2.24) is 0 Å². The van der Waals surface area contributed by atoms with E-state index < -0.39 is 0 Å². The number of carbonyl (C=O) groups is 1. The summed E-state index contributed by atoms with van der Waals surface area (Å²) >= 11 is 5.28. The quantitative estimate of drug-likeness (QED) is 0.277. The van der Waals surface area contributed by atoms with Crippen molar-refractivity contribution in [2.24, 2.45) is 4.99 Å². The molecule has 1 heterocycles. The highest BCUT2D eigenvalue weighted by Crippen LogP contribution is 2.40. The number of fused-ring (bicyclic) bond motifs is 1. The maximum Gasteiger partial charge on any atom is 0.259 e. The Balaban J connectivity index is 1.71. The van der Waals surface area contributed by atoms with E-state index in [0.717, 1.165) is 52.0 Å². The Morgan fingerprint density at radius 3 is 2.61 bits per heavy atom. The number of hydrogen-bond donors (Lipinski definition) is 1. The molecule has 0 unspecified atom stereocenters. The first-order chi connectivity index (χ1) is 17.5. The fourth-order valence-electron chi connectivity index (χ4n) is 4.35. The topological polar surface area (TPSA) is 59.9 Å². The van der Waals surface area contributed by atoms with Crippen molar-refractivity contribution < 1.29 is 14.3 Å². The maximum absolute atomic E-state index is 13.5. The largest absolute Gasteiger partial charge is 0.490 e. The molecule has 36 heavy (non-hydrogen) atoms. The van der Waals surface area contributed by atoms with E-state index in [2.05, 4.69) is 21.2 Å². The molecule has 0 bridgehead atoms. The van der Waals surface area contributed by atoms with Gasteiger partial charge in [0.25, 0.3) is 5.91 Å². The van der Waals surface area contributed by atoms with Crippen molar-refractivity contribution in [3.63, 3.8) is 0 Å². The number of amides is 1. The van der Waals surface area contributed by atoms with Gasteiger partial charge in [0.05, 0.1) is 22.7 Å². The van der Waals surface area contributed by atoms with Gasteiger partial charge in [0.2, 0.25) is 0 Å². The molecule has 5 nitrogen and oxygen atoms in total. The number of benzene rings is 2. The molecule has 1 N–H and O–H groups in total. The molecule has 1 aliphatic carbocycles. The lowest BCUT2D eigenvalue weighted by Gasteiger charge is -2.16. The first-order valence-electron chi connectivity index (χ1n) is 12.6. The molecule has 0 spiro atoms. The van der Waals surface area contributed by atoms with Gasteiger partial charge in [-0.05, 0) is 97.8 Å². The van der Waals surface area contributed by atoms with Gasteiger partial charge in [-0.25, -0.2) is 4.99 Å². The lowest BCUT2D eigenvalue weighted by molar-refractivity contribution is 0.102. The van der Waals surface area contributed by atoms with Crippen molar-refractivity contribution >= 4 is 50.1 Å². The zero-order valence-electron chi connectivity index (χ0n) is 21.1. The van der Waals surface area contributed by atoms with Crippen LogP contribution in [-0.2, 0) is 12.8 Å². The molecular weight excluding hydrogens is 536 g/mol. The molecule has 0 aliphatic heterocycles. The number of anilines is 1. The molecular formula is C29H33BrN2O3S. The second-order valence-electron chi connectivity index (χ2n) is 9.11. The first-order valence-corrected chi connectivity index (χ1v) is 14.2. The molecule has 1 aromatic heterocycles. The summed E-state index contributed by atoms with van der Waals surface area (Å²) in [7, 11) is 0. The van der Waals surface area contributed by atoms with Crippen LogP contribution in [0.1, 0.15) is 72.8 Å². The molecule has 2 aromatic carbocycles. The molecule has 1 amide bonds. The molecule has 1 aliphatic rings. The lowest BCUT2D eigenvalue weighted by Crippen LogP contribution is -2.14. The van der Waals surface area contributed by atoms with Gasteiger partial charge in [-0.15, -0.1) is 11.3 Å². The summed E-state index contributed by atoms with van der Waals surface area (Å²) in [6.07, 6.45) is 8.44. The van der Waals surface area contributed by atoms with Crippen LogP contribution in [-0.4, -0.2) is 24.8 Å². The van der Waals surface area contributed by atoms with Crippen LogP contribution in [0.3, 0.4) is 0 Å². The number of nitrogens with zero attached hydrogens (tertiary/aromatic N) is 1. The Morgan fingerprint density at radius 1 is 1.14 bits per heavy atom. The van der Waals surface area contributed by atoms with E-state index in [9.17, 15) is 4.79 Å². The summed E-state index contributed by atoms with van der Waals surface area (Å²) in [4.78, 5) is 19.6. The van der Waals surface area contributed by atoms with Crippen LogP contribution >= 0.6 is 27.3 Å². The number of thiophene rings is 1. The molecule has 4 rings (SSSR count). The molecule has 0 saturated heterocycles. The van der Waals surface area contributed by atoms with Crippen molar-refractivity contribution in [3.8, 4) is 11.5 Å². The Morgan fingerprint density at radius 2 is 1.89 bits per heavy atom. The summed E-state index contributed by atoms with van der Waals surface area (Å²) < 4.78 is 12.6. The lowest BCUT2D eigenvalue weighted by atomic mass is 9.96. The summed E-state index contributed by atoms with van der Waals surface area (Å²) in [5, 5.41) is 3.84. The van der Waals surface area contributed by atoms with Gasteiger partial charge in [0.15, 0.2) is 11.5 Å². The molecule has 7 heteroatoms. The predicted molar refractivity (Wildman–Crippen MR) is 153 cm³/mol. The van der Waals surface area contributed by atoms with E-state index in [0.29, 0.717) is 23.7 Å². The first kappa shape index (κ1) is 26.4. The highest BCUT2D eigenvalue weighted by Gasteiger charge is 2.24. The highest BCUT2D eigenvalue weighted by atomic mass is 79.9. The van der Waals surface area contributed by atoms with Crippen LogP contribution in [0.5, 0.6) is 11.5 Å². The number of nitrogens with one attached hydrogen (secondary N) is 1. The number of halogens is 1. The highest BCUT2D eigenvalue weighted by molar-refractivity contribution is 9.10. The fourth-order valence-corrected chi connectivity index (χ4v) is 6.14. The minimum atomic E-state index is -0.0942. The molecule has 190 valence electrons. The summed E-state index contributed by atoms with van der Waals surface area (Å²) in [6, 6.07) is 13.5. The van der Waals surface area contributed by atoms with E-state index in [1.807, 2.05) is 69.5 Å². The number of hydrogen-bond acceptors (Lipinski definition) is 5. The SMILES string of the molecule is CCOc1cc(C=Nc2sc3c(c2C(=O)Nc2ccccc2)CCCCCC3)cc(Br)c1OC(C)C. The van der Waals surface area contributed by atoms with Crippen LogP contribution in [0.15, 0.2) is 51.9 Å². The average Bonchev–Trinajstić information content (AvgIpc) is 3.17. The third-order valence-electron chi connectivity index (χ3n) is 5.93. The van der Waals surface area contributed by atoms with Crippen LogP contribution in [0, 0.1) is 0 Å². The van der Waals surface area contributed by atoms with E-state index in [-0.39, 0.29) is 12.0 Å². The van der Waals surface area contributed by atoms with Crippen molar-refractivity contribution in [2.75, 3.05) is 11.9 Å². The predicted octanol–water partition coefficient (Wildman–Crippen LogP) is 8.36. The Kier molecular flexibility index (Phi) is 9.21. The van der Waals surface area contributed by atoms with Gasteiger partial charge in [0, 0.05) is 16.8 Å². The fraction of sp³-hybridized carbons (Fsp3) is 0.379. The summed E-state index contributed by atoms with van der Waals surface area (Å²) in [5.41, 5.74) is 3.53. The van der Waals surface area contributed by atoms with E-state index in [4.69, 9.17) is 14.5 Å². The van der Waals surface area contributed by atoms with Gasteiger partial charge in [-0.3, -0.25) is 4.79 Å². The van der Waals surface area contributed by atoms with E-state index >= 15 is 0 Å². The van der Waals surface area contributed by atoms with Gasteiger partial charge >= 0.3 is 0 Å². The minimum absolute atomic E-state index is 0.0244. The van der Waals surface area contributed by atoms with Crippen LogP contribution < -0.4 is 14.8 Å². The van der Waals surface area contributed by atoms with Crippen molar-refractivity contribution in [2.45, 2.75) is 65.4 Å². The molecule has 0 fully saturated rings. The van der Waals surface area contributed by atoms with Crippen molar-refractivity contribution in [1.29, 1.82) is 0 Å². The Bertz CT molecular complexity index is 1220. The Hall–Kier alpha value is -2.64. The zero-order valence-corrected chi connectivity index (χ0v) is 23.5. The Labute approximate surface area is 226 Å². The summed E-state index contributed by atoms with van der Waals surface area (Å²) in [6.45, 7) is 6.46. The number of para-hydroxylation sites is 1. The van der Waals surface area contributed by atoms with Gasteiger partial charge in [0.1, 0.15) is 5.00 Å². The second kappa shape index (κ2) is 12.5. The zero-order chi connectivity index (χ0) is 25.5. The maximum atomic E-state index is 13.5. The average molecular weight is 570 g/mol. The molecule has 0 radical (unpaired) electrons. The third kappa shape index (κ3) is 6.56.